The number of pyridine rings is 1. The van der Waals surface area contributed by atoms with E-state index in [4.69, 9.17) is 0 Å². The molecule has 2 aromatic heterocycles. The minimum atomic E-state index is -0.450. The van der Waals surface area contributed by atoms with Crippen molar-refractivity contribution in [2.45, 2.75) is 39.3 Å². The number of rotatable bonds is 4. The number of hydrogen-bond acceptors (Lipinski definition) is 5. The molecule has 132 valence electrons. The van der Waals surface area contributed by atoms with Crippen LogP contribution in [0.1, 0.15) is 37.1 Å². The first-order valence-electron chi connectivity index (χ1n) is 8.27. The molecule has 1 aliphatic rings. The van der Waals surface area contributed by atoms with Crippen LogP contribution in [0.4, 0.5) is 9.52 Å². The van der Waals surface area contributed by atoms with Gasteiger partial charge in [0.2, 0.25) is 11.9 Å². The molecule has 25 heavy (non-hydrogen) atoms. The Labute approximate surface area is 150 Å². The van der Waals surface area contributed by atoms with E-state index in [0.717, 1.165) is 36.4 Å². The van der Waals surface area contributed by atoms with Crippen LogP contribution in [-0.4, -0.2) is 33.4 Å². The summed E-state index contributed by atoms with van der Waals surface area (Å²) in [4.78, 5) is 22.6. The maximum absolute atomic E-state index is 12.9. The number of piperidine rings is 1. The molecular formula is C18H21FN4OS. The maximum Gasteiger partial charge on any atom is 0.223 e. The average Bonchev–Trinajstić information content (AvgIpc) is 2.98. The lowest BCUT2D eigenvalue weighted by Crippen LogP contribution is -2.37. The molecule has 0 bridgehead atoms. The number of hydrogen-bond donors (Lipinski definition) is 1. The molecule has 3 rings (SSSR count). The molecular weight excluding hydrogens is 339 g/mol. The van der Waals surface area contributed by atoms with Gasteiger partial charge in [0, 0.05) is 43.3 Å². The molecule has 5 nitrogen and oxygen atoms in total. The molecule has 0 saturated carbocycles. The SMILES string of the molecule is CC(=O)Nc1ncc(CN2CC/C(=C\c3ccc(F)nc3)CC2C)s1. The maximum atomic E-state index is 12.9. The highest BCUT2D eigenvalue weighted by Crippen LogP contribution is 2.27. The number of halogens is 1. The van der Waals surface area contributed by atoms with Gasteiger partial charge < -0.3 is 5.32 Å². The number of carbonyl (C=O) groups excluding carboxylic acids is 1. The molecule has 7 heteroatoms. The van der Waals surface area contributed by atoms with Crippen molar-refractivity contribution >= 4 is 28.5 Å². The summed E-state index contributed by atoms with van der Waals surface area (Å²) >= 11 is 1.52. The lowest BCUT2D eigenvalue weighted by Gasteiger charge is -2.34. The second-order valence-corrected chi connectivity index (χ2v) is 7.42. The molecule has 1 fully saturated rings. The third-order valence-corrected chi connectivity index (χ3v) is 5.12. The first-order chi connectivity index (χ1) is 12.0. The number of likely N-dealkylation sites (tertiary alicyclic amines) is 1. The van der Waals surface area contributed by atoms with Gasteiger partial charge in [0.15, 0.2) is 5.13 Å². The normalized spacial score (nSPS) is 20.0. The van der Waals surface area contributed by atoms with E-state index in [2.05, 4.69) is 33.2 Å². The molecule has 0 radical (unpaired) electrons. The van der Waals surface area contributed by atoms with Crippen molar-refractivity contribution in [2.24, 2.45) is 0 Å². The van der Waals surface area contributed by atoms with E-state index in [-0.39, 0.29) is 5.91 Å². The standard InChI is InChI=1S/C18H21FN4OS/c1-12-7-14(8-15-3-4-17(19)20-9-15)5-6-23(12)11-16-10-21-18(25-16)22-13(2)24/h3-4,8-10,12H,5-7,11H2,1-2H3,(H,21,22,24)/b14-8+. The molecule has 0 spiro atoms. The molecule has 2 aromatic rings. The van der Waals surface area contributed by atoms with Crippen molar-refractivity contribution in [3.05, 3.63) is 46.5 Å². The third kappa shape index (κ3) is 4.93. The Morgan fingerprint density at radius 2 is 2.28 bits per heavy atom. The zero-order chi connectivity index (χ0) is 17.8. The minimum Gasteiger partial charge on any atom is -0.302 e. The summed E-state index contributed by atoms with van der Waals surface area (Å²) in [7, 11) is 0. The molecule has 1 atom stereocenters. The largest absolute Gasteiger partial charge is 0.302 e. The molecule has 1 unspecified atom stereocenters. The highest BCUT2D eigenvalue weighted by Gasteiger charge is 2.22. The monoisotopic (exact) mass is 360 g/mol. The molecule has 1 amide bonds. The van der Waals surface area contributed by atoms with Crippen molar-refractivity contribution in [3.63, 3.8) is 0 Å². The van der Waals surface area contributed by atoms with Gasteiger partial charge in [0.05, 0.1) is 0 Å². The Balaban J connectivity index is 1.59. The molecule has 0 aliphatic carbocycles. The van der Waals surface area contributed by atoms with E-state index < -0.39 is 5.95 Å². The van der Waals surface area contributed by atoms with Crippen LogP contribution in [0.3, 0.4) is 0 Å². The zero-order valence-electron chi connectivity index (χ0n) is 14.3. The Bertz CT molecular complexity index is 772. The number of carbonyl (C=O) groups is 1. The average molecular weight is 360 g/mol. The van der Waals surface area contributed by atoms with Gasteiger partial charge in [0.25, 0.3) is 0 Å². The Hall–Kier alpha value is -2.12. The van der Waals surface area contributed by atoms with Crippen LogP contribution in [0, 0.1) is 5.95 Å². The fraction of sp³-hybridized carbons (Fsp3) is 0.389. The van der Waals surface area contributed by atoms with Gasteiger partial charge >= 0.3 is 0 Å². The van der Waals surface area contributed by atoms with Crippen LogP contribution in [0.5, 0.6) is 0 Å². The van der Waals surface area contributed by atoms with Crippen molar-refractivity contribution in [2.75, 3.05) is 11.9 Å². The highest BCUT2D eigenvalue weighted by atomic mass is 32.1. The van der Waals surface area contributed by atoms with E-state index in [9.17, 15) is 9.18 Å². The van der Waals surface area contributed by atoms with Gasteiger partial charge in [-0.3, -0.25) is 9.69 Å². The van der Waals surface area contributed by atoms with Gasteiger partial charge in [-0.05, 0) is 37.5 Å². The molecule has 1 N–H and O–H groups in total. The fourth-order valence-electron chi connectivity index (χ4n) is 2.98. The van der Waals surface area contributed by atoms with Gasteiger partial charge in [0.1, 0.15) is 0 Å². The van der Waals surface area contributed by atoms with Gasteiger partial charge in [-0.2, -0.15) is 4.39 Å². The summed E-state index contributed by atoms with van der Waals surface area (Å²) in [5.74, 6) is -0.550. The smallest absolute Gasteiger partial charge is 0.223 e. The van der Waals surface area contributed by atoms with Crippen LogP contribution in [0.25, 0.3) is 6.08 Å². The van der Waals surface area contributed by atoms with Crippen molar-refractivity contribution in [1.82, 2.24) is 14.9 Å². The summed E-state index contributed by atoms with van der Waals surface area (Å²) in [5.41, 5.74) is 2.31. The van der Waals surface area contributed by atoms with E-state index >= 15 is 0 Å². The summed E-state index contributed by atoms with van der Waals surface area (Å²) < 4.78 is 12.9. The number of nitrogens with one attached hydrogen (secondary N) is 1. The summed E-state index contributed by atoms with van der Waals surface area (Å²) in [6, 6.07) is 3.56. The van der Waals surface area contributed by atoms with Crippen molar-refractivity contribution < 1.29 is 9.18 Å². The Morgan fingerprint density at radius 1 is 1.44 bits per heavy atom. The van der Waals surface area contributed by atoms with Crippen LogP contribution >= 0.6 is 11.3 Å². The number of nitrogens with zero attached hydrogens (tertiary/aromatic N) is 3. The first kappa shape index (κ1) is 17.7. The number of thiazole rings is 1. The zero-order valence-corrected chi connectivity index (χ0v) is 15.1. The quantitative estimate of drug-likeness (QED) is 0.845. The summed E-state index contributed by atoms with van der Waals surface area (Å²) in [6.07, 6.45) is 7.48. The minimum absolute atomic E-state index is 0.0997. The number of amides is 1. The predicted octanol–water partition coefficient (Wildman–Crippen LogP) is 3.70. The summed E-state index contributed by atoms with van der Waals surface area (Å²) in [5, 5.41) is 3.37. The molecule has 0 aromatic carbocycles. The highest BCUT2D eigenvalue weighted by molar-refractivity contribution is 7.15. The van der Waals surface area contributed by atoms with Crippen LogP contribution in [0.15, 0.2) is 30.1 Å². The lowest BCUT2D eigenvalue weighted by atomic mass is 9.96. The van der Waals surface area contributed by atoms with E-state index in [0.29, 0.717) is 11.2 Å². The Morgan fingerprint density at radius 3 is 2.96 bits per heavy atom. The number of aromatic nitrogens is 2. The topological polar surface area (TPSA) is 58.1 Å². The lowest BCUT2D eigenvalue weighted by molar-refractivity contribution is -0.114. The fourth-order valence-corrected chi connectivity index (χ4v) is 3.87. The molecule has 3 heterocycles. The van der Waals surface area contributed by atoms with Crippen LogP contribution in [-0.2, 0) is 11.3 Å². The summed E-state index contributed by atoms with van der Waals surface area (Å²) in [6.45, 7) is 5.50. The predicted molar refractivity (Wildman–Crippen MR) is 97.7 cm³/mol. The van der Waals surface area contributed by atoms with Gasteiger partial charge in [-0.15, -0.1) is 11.3 Å². The van der Waals surface area contributed by atoms with Crippen LogP contribution in [0.2, 0.25) is 0 Å². The molecule has 1 aliphatic heterocycles. The van der Waals surface area contributed by atoms with Crippen molar-refractivity contribution in [1.29, 1.82) is 0 Å². The van der Waals surface area contributed by atoms with Crippen molar-refractivity contribution in [3.8, 4) is 0 Å². The van der Waals surface area contributed by atoms with Gasteiger partial charge in [-0.1, -0.05) is 11.6 Å². The van der Waals surface area contributed by atoms with E-state index in [1.165, 1.54) is 29.9 Å². The second kappa shape index (κ2) is 7.84. The van der Waals surface area contributed by atoms with E-state index in [1.54, 1.807) is 12.3 Å². The third-order valence-electron chi connectivity index (χ3n) is 4.22. The molecule has 1 saturated heterocycles. The second-order valence-electron chi connectivity index (χ2n) is 6.30. The number of anilines is 1. The van der Waals surface area contributed by atoms with Gasteiger partial charge in [-0.25, -0.2) is 9.97 Å². The Kier molecular flexibility index (Phi) is 5.55. The van der Waals surface area contributed by atoms with Crippen LogP contribution < -0.4 is 5.32 Å². The first-order valence-corrected chi connectivity index (χ1v) is 9.08. The van der Waals surface area contributed by atoms with E-state index in [1.807, 2.05) is 6.20 Å².